The molecule has 39 heavy (non-hydrogen) atoms. The molecule has 13 heteroatoms. The molecule has 1 aromatic heterocycles. The van der Waals surface area contributed by atoms with E-state index in [4.69, 9.17) is 23.9 Å². The highest BCUT2D eigenvalue weighted by Gasteiger charge is 2.26. The Kier molecular flexibility index (Phi) is 9.75. The van der Waals surface area contributed by atoms with Crippen molar-refractivity contribution in [1.29, 1.82) is 0 Å². The van der Waals surface area contributed by atoms with Crippen molar-refractivity contribution in [1.82, 2.24) is 14.2 Å². The molecule has 0 N–H and O–H groups in total. The number of carbonyl (C=O) groups excluding carboxylic acids is 1. The number of likely N-dealkylation sites (N-methyl/N-ethyl adjacent to an activating group) is 1. The maximum Gasteiger partial charge on any atom is 0.260 e. The number of hydrogen-bond donors (Lipinski definition) is 0. The van der Waals surface area contributed by atoms with Crippen LogP contribution in [0.25, 0.3) is 10.2 Å². The van der Waals surface area contributed by atoms with Gasteiger partial charge in [-0.2, -0.15) is 4.31 Å². The van der Waals surface area contributed by atoms with Gasteiger partial charge in [-0.25, -0.2) is 13.4 Å². The van der Waals surface area contributed by atoms with Gasteiger partial charge in [-0.1, -0.05) is 11.3 Å². The van der Waals surface area contributed by atoms with Crippen LogP contribution >= 0.6 is 11.3 Å². The topological polar surface area (TPSA) is 111 Å². The second-order valence-corrected chi connectivity index (χ2v) is 12.1. The zero-order valence-corrected chi connectivity index (χ0v) is 24.2. The molecule has 3 aromatic rings. The van der Waals surface area contributed by atoms with Gasteiger partial charge in [0.15, 0.2) is 16.6 Å². The number of sulfonamides is 1. The second-order valence-electron chi connectivity index (χ2n) is 9.13. The van der Waals surface area contributed by atoms with E-state index < -0.39 is 10.0 Å². The van der Waals surface area contributed by atoms with Gasteiger partial charge in [-0.3, -0.25) is 9.69 Å². The van der Waals surface area contributed by atoms with Crippen LogP contribution in [0.2, 0.25) is 0 Å². The summed E-state index contributed by atoms with van der Waals surface area (Å²) in [5.41, 5.74) is 1.08. The van der Waals surface area contributed by atoms with E-state index >= 15 is 0 Å². The van der Waals surface area contributed by atoms with Crippen LogP contribution < -0.4 is 14.4 Å². The summed E-state index contributed by atoms with van der Waals surface area (Å²) in [5, 5.41) is 0.543. The standard InChI is InChI=1S/C26H34N4O7S2/c1-28(2)9-10-30(26-27-21-17-22-23(18-24(21)38-26)37-16-15-36-22)25(31)19-5-7-20(8-6-19)39(32,33)29(11-13-34-3)12-14-35-4/h5-8,17-18H,9-16H2,1-4H3. The average Bonchev–Trinajstić information content (AvgIpc) is 3.33. The zero-order chi connectivity index (χ0) is 28.0. The lowest BCUT2D eigenvalue weighted by atomic mass is 10.2. The van der Waals surface area contributed by atoms with Gasteiger partial charge in [0.2, 0.25) is 10.0 Å². The predicted octanol–water partition coefficient (Wildman–Crippen LogP) is 2.56. The van der Waals surface area contributed by atoms with Crippen molar-refractivity contribution in [2.45, 2.75) is 4.90 Å². The molecule has 11 nitrogen and oxygen atoms in total. The molecule has 1 amide bonds. The van der Waals surface area contributed by atoms with Crippen molar-refractivity contribution in [2.75, 3.05) is 85.8 Å². The number of ether oxygens (including phenoxy) is 4. The van der Waals surface area contributed by atoms with Gasteiger partial charge in [0, 0.05) is 58.1 Å². The Morgan fingerprint density at radius 3 is 2.15 bits per heavy atom. The number of amides is 1. The molecule has 1 aliphatic heterocycles. The predicted molar refractivity (Wildman–Crippen MR) is 150 cm³/mol. The highest BCUT2D eigenvalue weighted by atomic mass is 32.2. The number of hydrogen-bond acceptors (Lipinski definition) is 10. The minimum atomic E-state index is -3.80. The third-order valence-corrected chi connectivity index (χ3v) is 9.07. The largest absolute Gasteiger partial charge is 0.486 e. The molecule has 0 aliphatic carbocycles. The first-order chi connectivity index (χ1) is 18.7. The van der Waals surface area contributed by atoms with Gasteiger partial charge in [-0.05, 0) is 38.4 Å². The first-order valence-electron chi connectivity index (χ1n) is 12.5. The molecule has 0 radical (unpaired) electrons. The fourth-order valence-corrected chi connectivity index (χ4v) is 6.37. The molecule has 0 bridgehead atoms. The summed E-state index contributed by atoms with van der Waals surface area (Å²) in [7, 11) is 3.10. The molecule has 212 valence electrons. The van der Waals surface area contributed by atoms with Gasteiger partial charge in [0.05, 0.1) is 28.3 Å². The number of aromatic nitrogens is 1. The maximum absolute atomic E-state index is 13.7. The van der Waals surface area contributed by atoms with Crippen molar-refractivity contribution in [3.8, 4) is 11.5 Å². The van der Waals surface area contributed by atoms with Crippen LogP contribution in [-0.4, -0.2) is 109 Å². The van der Waals surface area contributed by atoms with Crippen LogP contribution in [-0.2, 0) is 19.5 Å². The Balaban J connectivity index is 1.61. The summed E-state index contributed by atoms with van der Waals surface area (Å²) in [6.45, 7) is 2.88. The van der Waals surface area contributed by atoms with Crippen LogP contribution in [0, 0.1) is 0 Å². The van der Waals surface area contributed by atoms with Gasteiger partial charge >= 0.3 is 0 Å². The molecule has 1 aliphatic rings. The molecule has 4 rings (SSSR count). The third kappa shape index (κ3) is 6.86. The quantitative estimate of drug-likeness (QED) is 0.302. The minimum absolute atomic E-state index is 0.0941. The van der Waals surface area contributed by atoms with E-state index in [0.29, 0.717) is 48.5 Å². The number of carbonyl (C=O) groups is 1. The Bertz CT molecular complexity index is 1330. The highest BCUT2D eigenvalue weighted by molar-refractivity contribution is 7.89. The van der Waals surface area contributed by atoms with E-state index in [-0.39, 0.29) is 37.1 Å². The lowest BCUT2D eigenvalue weighted by Crippen LogP contribution is -2.37. The minimum Gasteiger partial charge on any atom is -0.486 e. The number of nitrogens with zero attached hydrogens (tertiary/aromatic N) is 4. The molecule has 0 saturated carbocycles. The Morgan fingerprint density at radius 1 is 0.949 bits per heavy atom. The summed E-state index contributed by atoms with van der Waals surface area (Å²) >= 11 is 1.39. The monoisotopic (exact) mass is 578 g/mol. The molecule has 0 spiro atoms. The Labute approximate surface area is 232 Å². The highest BCUT2D eigenvalue weighted by Crippen LogP contribution is 2.39. The summed E-state index contributed by atoms with van der Waals surface area (Å²) < 4.78 is 50.2. The van der Waals surface area contributed by atoms with E-state index in [9.17, 15) is 13.2 Å². The first-order valence-corrected chi connectivity index (χ1v) is 14.7. The Hall–Kier alpha value is -2.81. The third-order valence-electron chi connectivity index (χ3n) is 6.12. The van der Waals surface area contributed by atoms with Gasteiger partial charge in [-0.15, -0.1) is 0 Å². The molecule has 2 aromatic carbocycles. The lowest BCUT2D eigenvalue weighted by Gasteiger charge is -2.23. The van der Waals surface area contributed by atoms with Crippen LogP contribution in [0.5, 0.6) is 11.5 Å². The summed E-state index contributed by atoms with van der Waals surface area (Å²) in [6, 6.07) is 9.71. The number of anilines is 1. The number of benzene rings is 2. The van der Waals surface area contributed by atoms with Crippen molar-refractivity contribution < 1.29 is 32.2 Å². The van der Waals surface area contributed by atoms with E-state index in [2.05, 4.69) is 0 Å². The van der Waals surface area contributed by atoms with Crippen LogP contribution in [0.15, 0.2) is 41.3 Å². The first kappa shape index (κ1) is 29.2. The van der Waals surface area contributed by atoms with Crippen molar-refractivity contribution in [3.63, 3.8) is 0 Å². The molecule has 0 atom stereocenters. The lowest BCUT2D eigenvalue weighted by molar-refractivity contribution is 0.0985. The summed E-state index contributed by atoms with van der Waals surface area (Å²) in [4.78, 5) is 22.1. The summed E-state index contributed by atoms with van der Waals surface area (Å²) in [6.07, 6.45) is 0. The van der Waals surface area contributed by atoms with E-state index in [1.54, 1.807) is 4.90 Å². The summed E-state index contributed by atoms with van der Waals surface area (Å²) in [5.74, 6) is 1.03. The van der Waals surface area contributed by atoms with Crippen LogP contribution in [0.1, 0.15) is 10.4 Å². The number of fused-ring (bicyclic) bond motifs is 2. The van der Waals surface area contributed by atoms with Crippen LogP contribution in [0.3, 0.4) is 0 Å². The van der Waals surface area contributed by atoms with Crippen molar-refractivity contribution in [3.05, 3.63) is 42.0 Å². The fourth-order valence-electron chi connectivity index (χ4n) is 3.97. The second kappa shape index (κ2) is 13.0. The molecule has 2 heterocycles. The number of rotatable bonds is 13. The zero-order valence-electron chi connectivity index (χ0n) is 22.6. The van der Waals surface area contributed by atoms with Gasteiger partial charge in [0.25, 0.3) is 5.91 Å². The molecular weight excluding hydrogens is 544 g/mol. The Morgan fingerprint density at radius 2 is 1.56 bits per heavy atom. The fraction of sp³-hybridized carbons (Fsp3) is 0.462. The number of methoxy groups -OCH3 is 2. The molecule has 0 saturated heterocycles. The number of thiazole rings is 1. The van der Waals surface area contributed by atoms with Gasteiger partial charge in [0.1, 0.15) is 13.2 Å². The average molecular weight is 579 g/mol. The van der Waals surface area contributed by atoms with Crippen LogP contribution in [0.4, 0.5) is 5.13 Å². The normalized spacial score (nSPS) is 13.4. The smallest absolute Gasteiger partial charge is 0.260 e. The molecule has 0 unspecified atom stereocenters. The van der Waals surface area contributed by atoms with Gasteiger partial charge < -0.3 is 23.8 Å². The SMILES string of the molecule is COCCN(CCOC)S(=O)(=O)c1ccc(C(=O)N(CCN(C)C)c2nc3cc4c(cc3s2)OCCO4)cc1. The van der Waals surface area contributed by atoms with Crippen molar-refractivity contribution >= 4 is 42.6 Å². The maximum atomic E-state index is 13.7. The van der Waals surface area contributed by atoms with Crippen molar-refractivity contribution in [2.24, 2.45) is 0 Å². The molecule has 0 fully saturated rings. The van der Waals surface area contributed by atoms with E-state index in [0.717, 1.165) is 10.2 Å². The van der Waals surface area contributed by atoms with E-state index in [1.807, 2.05) is 31.1 Å². The van der Waals surface area contributed by atoms with E-state index in [1.165, 1.54) is 54.1 Å². The molecular formula is C26H34N4O7S2.